The molecule has 1 saturated carbocycles. The molecule has 1 amide bonds. The molecule has 0 aliphatic heterocycles. The van der Waals surface area contributed by atoms with Gasteiger partial charge in [-0.25, -0.2) is 0 Å². The number of benzene rings is 2. The number of carbonyl (C=O) groups excluding carboxylic acids is 1. The van der Waals surface area contributed by atoms with Gasteiger partial charge in [-0.1, -0.05) is 0 Å². The van der Waals surface area contributed by atoms with E-state index >= 15 is 0 Å². The van der Waals surface area contributed by atoms with Crippen molar-refractivity contribution in [3.63, 3.8) is 0 Å². The number of ether oxygens (including phenoxy) is 2. The van der Waals surface area contributed by atoms with E-state index < -0.39 is 10.8 Å². The van der Waals surface area contributed by atoms with E-state index in [1.807, 2.05) is 0 Å². The summed E-state index contributed by atoms with van der Waals surface area (Å²) in [6, 6.07) is 9.40. The maximum Gasteiger partial charge on any atom is 0.270 e. The van der Waals surface area contributed by atoms with Gasteiger partial charge in [0.15, 0.2) is 11.5 Å². The summed E-state index contributed by atoms with van der Waals surface area (Å²) < 4.78 is 11.4. The van der Waals surface area contributed by atoms with E-state index in [2.05, 4.69) is 5.32 Å². The minimum atomic E-state index is -0.517. The van der Waals surface area contributed by atoms with Crippen LogP contribution in [0.15, 0.2) is 36.4 Å². The predicted octanol–water partition coefficient (Wildman–Crippen LogP) is 4.24. The molecule has 0 heterocycles. The van der Waals surface area contributed by atoms with E-state index in [9.17, 15) is 14.9 Å². The van der Waals surface area contributed by atoms with Crippen molar-refractivity contribution in [1.82, 2.24) is 0 Å². The molecule has 0 spiro atoms. The van der Waals surface area contributed by atoms with Crippen molar-refractivity contribution in [3.05, 3.63) is 52.1 Å². The fraction of sp³-hybridized carbons (Fsp3) is 0.381. The minimum absolute atomic E-state index is 0.138. The van der Waals surface area contributed by atoms with Crippen LogP contribution in [0, 0.1) is 10.1 Å². The van der Waals surface area contributed by atoms with E-state index in [0.29, 0.717) is 22.9 Å². The maximum absolute atomic E-state index is 12.9. The third kappa shape index (κ3) is 4.77. The molecule has 154 valence electrons. The minimum Gasteiger partial charge on any atom is -0.493 e. The van der Waals surface area contributed by atoms with Gasteiger partial charge in [-0.2, -0.15) is 0 Å². The molecule has 1 N–H and O–H groups in total. The van der Waals surface area contributed by atoms with Gasteiger partial charge in [0, 0.05) is 43.7 Å². The van der Waals surface area contributed by atoms with Gasteiger partial charge in [-0.05, 0) is 43.9 Å². The zero-order valence-electron chi connectivity index (χ0n) is 16.8. The Kier molecular flexibility index (Phi) is 6.21. The van der Waals surface area contributed by atoms with Crippen molar-refractivity contribution in [3.8, 4) is 11.5 Å². The Morgan fingerprint density at radius 3 is 2.48 bits per heavy atom. The lowest BCUT2D eigenvalue weighted by Gasteiger charge is -2.18. The van der Waals surface area contributed by atoms with Gasteiger partial charge in [-0.3, -0.25) is 14.9 Å². The first-order valence-electron chi connectivity index (χ1n) is 9.51. The number of hydrogen-bond donors (Lipinski definition) is 1. The molecular weight excluding hydrogens is 374 g/mol. The van der Waals surface area contributed by atoms with Crippen molar-refractivity contribution < 1.29 is 19.2 Å². The lowest BCUT2D eigenvalue weighted by atomic mass is 10.1. The first kappa shape index (κ1) is 20.4. The third-order valence-corrected chi connectivity index (χ3v) is 4.93. The van der Waals surface area contributed by atoms with E-state index in [0.717, 1.165) is 25.7 Å². The Hall–Kier alpha value is -3.29. The quantitative estimate of drug-likeness (QED) is 0.553. The molecule has 0 atom stereocenters. The van der Waals surface area contributed by atoms with Gasteiger partial charge in [0.25, 0.3) is 11.6 Å². The molecule has 2 aromatic carbocycles. The fourth-order valence-electron chi connectivity index (χ4n) is 3.44. The number of nitrogens with zero attached hydrogens (tertiary/aromatic N) is 2. The summed E-state index contributed by atoms with van der Waals surface area (Å²) in [5.41, 5.74) is 1.20. The summed E-state index contributed by atoms with van der Waals surface area (Å²) in [6.45, 7) is 0. The molecule has 1 aliphatic rings. The third-order valence-electron chi connectivity index (χ3n) is 4.93. The first-order valence-corrected chi connectivity index (χ1v) is 9.51. The summed E-state index contributed by atoms with van der Waals surface area (Å²) in [4.78, 5) is 25.2. The molecule has 0 radical (unpaired) electrons. The van der Waals surface area contributed by atoms with Crippen LogP contribution in [0.3, 0.4) is 0 Å². The number of nitro groups is 1. The van der Waals surface area contributed by atoms with Gasteiger partial charge in [0.2, 0.25) is 0 Å². The van der Waals surface area contributed by atoms with Gasteiger partial charge in [0.05, 0.1) is 23.7 Å². The Balaban J connectivity index is 1.86. The number of rotatable bonds is 7. The van der Waals surface area contributed by atoms with Crippen LogP contribution in [0.4, 0.5) is 17.1 Å². The van der Waals surface area contributed by atoms with E-state index in [1.54, 1.807) is 50.4 Å². The number of methoxy groups -OCH3 is 1. The van der Waals surface area contributed by atoms with Crippen LogP contribution >= 0.6 is 0 Å². The highest BCUT2D eigenvalue weighted by molar-refractivity contribution is 6.08. The topological polar surface area (TPSA) is 93.9 Å². The second-order valence-electron chi connectivity index (χ2n) is 7.20. The fourth-order valence-corrected chi connectivity index (χ4v) is 3.44. The summed E-state index contributed by atoms with van der Waals surface area (Å²) in [5.74, 6) is 0.734. The average molecular weight is 399 g/mol. The van der Waals surface area contributed by atoms with Gasteiger partial charge < -0.3 is 19.7 Å². The molecule has 8 heteroatoms. The number of carbonyl (C=O) groups is 1. The van der Waals surface area contributed by atoms with Crippen LogP contribution in [0.1, 0.15) is 36.0 Å². The molecule has 8 nitrogen and oxygen atoms in total. The zero-order valence-corrected chi connectivity index (χ0v) is 16.8. The largest absolute Gasteiger partial charge is 0.493 e. The SMILES string of the molecule is COc1ccc(NC(=O)c2cc([N+](=O)[O-])ccc2N(C)C)cc1OC1CCCC1. The number of nitro benzene ring substituents is 1. The molecule has 0 aromatic heterocycles. The van der Waals surface area contributed by atoms with Gasteiger partial charge >= 0.3 is 0 Å². The average Bonchev–Trinajstić information content (AvgIpc) is 3.20. The Labute approximate surface area is 169 Å². The molecule has 0 bridgehead atoms. The maximum atomic E-state index is 12.9. The molecule has 1 fully saturated rings. The lowest BCUT2D eigenvalue weighted by Crippen LogP contribution is -2.19. The second-order valence-corrected chi connectivity index (χ2v) is 7.20. The highest BCUT2D eigenvalue weighted by Gasteiger charge is 2.21. The zero-order chi connectivity index (χ0) is 21.0. The number of nitrogens with one attached hydrogen (secondary N) is 1. The molecule has 1 aliphatic carbocycles. The van der Waals surface area contributed by atoms with Crippen LogP contribution in [0.2, 0.25) is 0 Å². The molecule has 29 heavy (non-hydrogen) atoms. The number of non-ortho nitro benzene ring substituents is 1. The summed E-state index contributed by atoms with van der Waals surface area (Å²) in [7, 11) is 5.12. The van der Waals surface area contributed by atoms with Crippen LogP contribution in [0.5, 0.6) is 11.5 Å². The van der Waals surface area contributed by atoms with Crippen LogP contribution in [-0.2, 0) is 0 Å². The van der Waals surface area contributed by atoms with Crippen molar-refractivity contribution in [2.45, 2.75) is 31.8 Å². The van der Waals surface area contributed by atoms with Gasteiger partial charge in [0.1, 0.15) is 0 Å². The Morgan fingerprint density at radius 1 is 1.14 bits per heavy atom. The number of amides is 1. The monoisotopic (exact) mass is 399 g/mol. The molecule has 3 rings (SSSR count). The van der Waals surface area contributed by atoms with E-state index in [-0.39, 0.29) is 17.4 Å². The first-order chi connectivity index (χ1) is 13.9. The van der Waals surface area contributed by atoms with Crippen LogP contribution in [0.25, 0.3) is 0 Å². The predicted molar refractivity (Wildman–Crippen MR) is 111 cm³/mol. The summed E-state index contributed by atoms with van der Waals surface area (Å²) in [5, 5.41) is 13.9. The summed E-state index contributed by atoms with van der Waals surface area (Å²) >= 11 is 0. The van der Waals surface area contributed by atoms with Crippen molar-refractivity contribution >= 4 is 23.0 Å². The number of hydrogen-bond acceptors (Lipinski definition) is 6. The highest BCUT2D eigenvalue weighted by Crippen LogP contribution is 2.34. The highest BCUT2D eigenvalue weighted by atomic mass is 16.6. The lowest BCUT2D eigenvalue weighted by molar-refractivity contribution is -0.384. The van der Waals surface area contributed by atoms with Crippen molar-refractivity contribution in [1.29, 1.82) is 0 Å². The molecule has 0 saturated heterocycles. The Morgan fingerprint density at radius 2 is 1.86 bits per heavy atom. The van der Waals surface area contributed by atoms with E-state index in [4.69, 9.17) is 9.47 Å². The Bertz CT molecular complexity index is 907. The molecule has 2 aromatic rings. The summed E-state index contributed by atoms with van der Waals surface area (Å²) in [6.07, 6.45) is 4.43. The molecular formula is C21H25N3O5. The standard InChI is InChI=1S/C21H25N3O5/c1-23(2)18-10-9-15(24(26)27)13-17(18)21(25)22-14-8-11-19(28-3)20(12-14)29-16-6-4-5-7-16/h8-13,16H,4-7H2,1-3H3,(H,22,25). The van der Waals surface area contributed by atoms with Crippen molar-refractivity contribution in [2.24, 2.45) is 0 Å². The smallest absolute Gasteiger partial charge is 0.270 e. The van der Waals surface area contributed by atoms with Gasteiger partial charge in [-0.15, -0.1) is 0 Å². The second kappa shape index (κ2) is 8.81. The van der Waals surface area contributed by atoms with E-state index in [1.165, 1.54) is 12.1 Å². The van der Waals surface area contributed by atoms with Crippen LogP contribution < -0.4 is 19.7 Å². The van der Waals surface area contributed by atoms with Crippen LogP contribution in [-0.4, -0.2) is 38.1 Å². The molecule has 0 unspecified atom stereocenters. The van der Waals surface area contributed by atoms with Crippen molar-refractivity contribution in [2.75, 3.05) is 31.4 Å². The number of anilines is 2. The normalized spacial score (nSPS) is 13.8.